The molecule has 2 aromatic carbocycles. The van der Waals surface area contributed by atoms with Crippen molar-refractivity contribution in [3.63, 3.8) is 0 Å². The molecule has 0 atom stereocenters. The summed E-state index contributed by atoms with van der Waals surface area (Å²) >= 11 is 0. The van der Waals surface area contributed by atoms with Crippen molar-refractivity contribution in [3.05, 3.63) is 66.0 Å². The normalized spacial score (nSPS) is 14.3. The third kappa shape index (κ3) is 5.02. The first-order chi connectivity index (χ1) is 17.5. The van der Waals surface area contributed by atoms with E-state index in [9.17, 15) is 8.78 Å². The number of ether oxygens (including phenoxy) is 1. The van der Waals surface area contributed by atoms with E-state index >= 15 is 0 Å². The van der Waals surface area contributed by atoms with Crippen LogP contribution in [-0.4, -0.2) is 49.9 Å². The predicted molar refractivity (Wildman–Crippen MR) is 131 cm³/mol. The maximum atomic E-state index is 14.8. The number of rotatable bonds is 7. The van der Waals surface area contributed by atoms with Gasteiger partial charge < -0.3 is 9.64 Å². The van der Waals surface area contributed by atoms with Crippen LogP contribution < -0.4 is 9.64 Å². The Morgan fingerprint density at radius 2 is 1.58 bits per heavy atom. The number of nitrogens with zero attached hydrogens (tertiary/aromatic N) is 7. The smallest absolute Gasteiger partial charge is 0.225 e. The van der Waals surface area contributed by atoms with Gasteiger partial charge in [0.15, 0.2) is 23.2 Å². The summed E-state index contributed by atoms with van der Waals surface area (Å²) < 4.78 is 36.8. The third-order valence-electron chi connectivity index (χ3n) is 6.56. The summed E-state index contributed by atoms with van der Waals surface area (Å²) in [5, 5.41) is 11.4. The van der Waals surface area contributed by atoms with Gasteiger partial charge >= 0.3 is 0 Å². The van der Waals surface area contributed by atoms with E-state index in [1.165, 1.54) is 12.1 Å². The van der Waals surface area contributed by atoms with Gasteiger partial charge in [0, 0.05) is 38.1 Å². The van der Waals surface area contributed by atoms with Gasteiger partial charge in [0.05, 0.1) is 6.61 Å². The first kappa shape index (κ1) is 23.8. The molecule has 0 amide bonds. The van der Waals surface area contributed by atoms with Gasteiger partial charge in [-0.1, -0.05) is 31.2 Å². The minimum absolute atomic E-state index is 0.206. The second kappa shape index (κ2) is 10.3. The highest BCUT2D eigenvalue weighted by Crippen LogP contribution is 2.31. The molecule has 1 aliphatic rings. The summed E-state index contributed by atoms with van der Waals surface area (Å²) in [5.41, 5.74) is 3.03. The molecule has 5 rings (SSSR count). The number of piperidine rings is 1. The van der Waals surface area contributed by atoms with Crippen molar-refractivity contribution < 1.29 is 13.5 Å². The first-order valence-electron chi connectivity index (χ1n) is 12.0. The van der Waals surface area contributed by atoms with Crippen molar-refractivity contribution in [3.8, 4) is 28.3 Å². The Morgan fingerprint density at radius 3 is 2.17 bits per heavy atom. The zero-order valence-electron chi connectivity index (χ0n) is 20.2. The Labute approximate surface area is 208 Å². The van der Waals surface area contributed by atoms with Gasteiger partial charge in [-0.05, 0) is 64.4 Å². The lowest BCUT2D eigenvalue weighted by Crippen LogP contribution is -2.36. The number of benzene rings is 2. The highest BCUT2D eigenvalue weighted by Gasteiger charge is 2.23. The predicted octanol–water partition coefficient (Wildman–Crippen LogP) is 4.47. The molecule has 1 aliphatic heterocycles. The van der Waals surface area contributed by atoms with E-state index in [-0.39, 0.29) is 18.3 Å². The van der Waals surface area contributed by atoms with Crippen LogP contribution in [0.1, 0.15) is 25.3 Å². The number of tetrazole rings is 1. The molecule has 8 nitrogen and oxygen atoms in total. The molecule has 0 spiro atoms. The molecule has 36 heavy (non-hydrogen) atoms. The first-order valence-corrected chi connectivity index (χ1v) is 12.0. The summed E-state index contributed by atoms with van der Waals surface area (Å²) in [6.07, 6.45) is 6.30. The van der Waals surface area contributed by atoms with E-state index in [2.05, 4.69) is 37.3 Å². The van der Waals surface area contributed by atoms with Crippen molar-refractivity contribution in [1.29, 1.82) is 0 Å². The minimum Gasteiger partial charge on any atom is -0.487 e. The summed E-state index contributed by atoms with van der Waals surface area (Å²) in [5.74, 6) is -0.225. The molecule has 0 aliphatic carbocycles. The van der Waals surface area contributed by atoms with Gasteiger partial charge in [-0.15, -0.1) is 5.10 Å². The molecule has 0 saturated carbocycles. The molecule has 0 N–H and O–H groups in total. The molecule has 0 bridgehead atoms. The standard InChI is InChI=1S/C26H27F2N7O/c1-3-17-14-29-26(30-15-17)35-10-8-18(9-11-35)16-36-24-22(27)12-21(13-23(24)28)19-4-6-20(7-5-19)25-31-32-33-34(25)2/h4-7,12-15,18H,3,8-11,16H2,1-2H3. The Hall–Kier alpha value is -3.95. The van der Waals surface area contributed by atoms with Crippen LogP contribution in [0.5, 0.6) is 5.75 Å². The zero-order valence-corrected chi connectivity index (χ0v) is 20.2. The van der Waals surface area contributed by atoms with Gasteiger partial charge in [-0.3, -0.25) is 0 Å². The summed E-state index contributed by atoms with van der Waals surface area (Å²) in [6, 6.07) is 9.81. The SMILES string of the molecule is CCc1cnc(N2CCC(COc3c(F)cc(-c4ccc(-c5nnnn5C)cc4)cc3F)CC2)nc1. The van der Waals surface area contributed by atoms with Crippen LogP contribution in [0.15, 0.2) is 48.8 Å². The van der Waals surface area contributed by atoms with E-state index in [0.717, 1.165) is 49.4 Å². The maximum Gasteiger partial charge on any atom is 0.225 e. The van der Waals surface area contributed by atoms with Crippen molar-refractivity contribution in [2.75, 3.05) is 24.6 Å². The van der Waals surface area contributed by atoms with E-state index in [4.69, 9.17) is 4.74 Å². The van der Waals surface area contributed by atoms with Crippen LogP contribution in [0.25, 0.3) is 22.5 Å². The molecule has 10 heteroatoms. The van der Waals surface area contributed by atoms with E-state index in [0.29, 0.717) is 17.0 Å². The lowest BCUT2D eigenvalue weighted by molar-refractivity contribution is 0.207. The van der Waals surface area contributed by atoms with Crippen LogP contribution in [-0.2, 0) is 13.5 Å². The number of aryl methyl sites for hydroxylation is 2. The zero-order chi connectivity index (χ0) is 25.1. The molecule has 0 radical (unpaired) electrons. The van der Waals surface area contributed by atoms with Gasteiger partial charge in [0.2, 0.25) is 5.95 Å². The number of hydrogen-bond acceptors (Lipinski definition) is 7. The highest BCUT2D eigenvalue weighted by molar-refractivity contribution is 5.68. The molecule has 186 valence electrons. The Morgan fingerprint density at radius 1 is 0.944 bits per heavy atom. The molecule has 3 heterocycles. The number of halogens is 2. The summed E-state index contributed by atoms with van der Waals surface area (Å²) in [7, 11) is 1.75. The van der Waals surface area contributed by atoms with Crippen molar-refractivity contribution >= 4 is 5.95 Å². The third-order valence-corrected chi connectivity index (χ3v) is 6.56. The van der Waals surface area contributed by atoms with Gasteiger partial charge in [-0.25, -0.2) is 23.4 Å². The Bertz CT molecular complexity index is 1290. The molecule has 1 fully saturated rings. The van der Waals surface area contributed by atoms with Crippen LogP contribution in [0.4, 0.5) is 14.7 Å². The van der Waals surface area contributed by atoms with Gasteiger partial charge in [0.1, 0.15) is 0 Å². The van der Waals surface area contributed by atoms with Crippen molar-refractivity contribution in [1.82, 2.24) is 30.2 Å². The molecule has 0 unspecified atom stereocenters. The summed E-state index contributed by atoms with van der Waals surface area (Å²) in [6.45, 7) is 3.89. The molecule has 2 aromatic heterocycles. The second-order valence-corrected chi connectivity index (χ2v) is 8.96. The lowest BCUT2D eigenvalue weighted by atomic mass is 9.98. The fourth-order valence-electron chi connectivity index (χ4n) is 4.34. The average molecular weight is 492 g/mol. The quantitative estimate of drug-likeness (QED) is 0.377. The monoisotopic (exact) mass is 491 g/mol. The average Bonchev–Trinajstić information content (AvgIpc) is 3.34. The molecular weight excluding hydrogens is 464 g/mol. The van der Waals surface area contributed by atoms with Gasteiger partial charge in [-0.2, -0.15) is 0 Å². The highest BCUT2D eigenvalue weighted by atomic mass is 19.1. The van der Waals surface area contributed by atoms with Crippen molar-refractivity contribution in [2.45, 2.75) is 26.2 Å². The van der Waals surface area contributed by atoms with E-state index in [1.54, 1.807) is 23.9 Å². The maximum absolute atomic E-state index is 14.8. The van der Waals surface area contributed by atoms with Crippen LogP contribution >= 0.6 is 0 Å². The van der Waals surface area contributed by atoms with Gasteiger partial charge in [0.25, 0.3) is 0 Å². The Kier molecular flexibility index (Phi) is 6.84. The Balaban J connectivity index is 1.19. The summed E-state index contributed by atoms with van der Waals surface area (Å²) in [4.78, 5) is 11.0. The second-order valence-electron chi connectivity index (χ2n) is 8.96. The fraction of sp³-hybridized carbons (Fsp3) is 0.346. The molecule has 1 saturated heterocycles. The molecule has 4 aromatic rings. The van der Waals surface area contributed by atoms with Crippen LogP contribution in [0.3, 0.4) is 0 Å². The topological polar surface area (TPSA) is 81.9 Å². The van der Waals surface area contributed by atoms with Crippen molar-refractivity contribution in [2.24, 2.45) is 13.0 Å². The van der Waals surface area contributed by atoms with Crippen LogP contribution in [0.2, 0.25) is 0 Å². The minimum atomic E-state index is -0.714. The lowest BCUT2D eigenvalue weighted by Gasteiger charge is -2.31. The number of aromatic nitrogens is 6. The fourth-order valence-corrected chi connectivity index (χ4v) is 4.34. The molecular formula is C26H27F2N7O. The van der Waals surface area contributed by atoms with E-state index in [1.807, 2.05) is 24.5 Å². The largest absolute Gasteiger partial charge is 0.487 e. The van der Waals surface area contributed by atoms with E-state index < -0.39 is 11.6 Å². The number of anilines is 1. The van der Waals surface area contributed by atoms with Crippen LogP contribution in [0, 0.1) is 17.6 Å². The number of hydrogen-bond donors (Lipinski definition) is 0.